The minimum Gasteiger partial charge on any atom is -0.465 e. The molecule has 0 aliphatic rings. The van der Waals surface area contributed by atoms with Gasteiger partial charge in [-0.3, -0.25) is 9.78 Å². The number of aromatic nitrogens is 5. The fraction of sp³-hybridized carbons (Fsp3) is 0.100. The molecule has 0 unspecified atom stereocenters. The number of carbonyl (C=O) groups is 2. The van der Waals surface area contributed by atoms with Crippen molar-refractivity contribution in [2.45, 2.75) is 5.03 Å². The van der Waals surface area contributed by atoms with E-state index in [-0.39, 0.29) is 11.7 Å². The van der Waals surface area contributed by atoms with Crippen molar-refractivity contribution in [1.29, 1.82) is 0 Å². The second kappa shape index (κ2) is 8.70. The van der Waals surface area contributed by atoms with Crippen LogP contribution in [0, 0.1) is 0 Å². The first-order valence-electron chi connectivity index (χ1n) is 8.88. The molecule has 0 bridgehead atoms. The summed E-state index contributed by atoms with van der Waals surface area (Å²) in [6, 6.07) is 13.7. The average molecular weight is 420 g/mol. The molecule has 10 heteroatoms. The van der Waals surface area contributed by atoms with Crippen molar-refractivity contribution in [3.8, 4) is 11.4 Å². The molecule has 4 rings (SSSR count). The summed E-state index contributed by atoms with van der Waals surface area (Å²) < 4.78 is 6.30. The molecule has 0 saturated heterocycles. The molecule has 4 aromatic rings. The number of hydrogen-bond donors (Lipinski definition) is 1. The van der Waals surface area contributed by atoms with E-state index in [1.54, 1.807) is 53.3 Å². The molecule has 0 fully saturated rings. The molecule has 1 amide bonds. The number of ether oxygens (including phenoxy) is 1. The molecule has 1 aromatic carbocycles. The third-order valence-electron chi connectivity index (χ3n) is 4.12. The van der Waals surface area contributed by atoms with Crippen molar-refractivity contribution in [2.24, 2.45) is 0 Å². The number of esters is 1. The molecule has 3 aromatic heterocycles. The number of carbonyl (C=O) groups excluding carboxylic acids is 2. The number of pyridine rings is 1. The third kappa shape index (κ3) is 4.28. The maximum absolute atomic E-state index is 12.3. The first kappa shape index (κ1) is 19.5. The third-order valence-corrected chi connectivity index (χ3v) is 5.04. The van der Waals surface area contributed by atoms with E-state index in [0.29, 0.717) is 27.7 Å². The number of benzene rings is 1. The number of amides is 1. The number of methoxy groups -OCH3 is 1. The van der Waals surface area contributed by atoms with Crippen LogP contribution in [-0.2, 0) is 9.53 Å². The minimum absolute atomic E-state index is 0.171. The van der Waals surface area contributed by atoms with Gasteiger partial charge < -0.3 is 10.1 Å². The molecule has 0 atom stereocenters. The summed E-state index contributed by atoms with van der Waals surface area (Å²) in [5.41, 5.74) is 2.47. The Bertz CT molecular complexity index is 1190. The van der Waals surface area contributed by atoms with Gasteiger partial charge in [-0.2, -0.15) is 9.61 Å². The van der Waals surface area contributed by atoms with Gasteiger partial charge in [-0.1, -0.05) is 11.8 Å². The maximum Gasteiger partial charge on any atom is 0.337 e. The zero-order valence-electron chi connectivity index (χ0n) is 15.8. The average Bonchev–Trinajstić information content (AvgIpc) is 3.21. The van der Waals surface area contributed by atoms with E-state index in [2.05, 4.69) is 30.3 Å². The molecule has 150 valence electrons. The van der Waals surface area contributed by atoms with Gasteiger partial charge in [0.1, 0.15) is 5.03 Å². The smallest absolute Gasteiger partial charge is 0.337 e. The van der Waals surface area contributed by atoms with E-state index in [1.807, 2.05) is 12.1 Å². The Kier molecular flexibility index (Phi) is 5.66. The number of fused-ring (bicyclic) bond motifs is 1. The van der Waals surface area contributed by atoms with Crippen LogP contribution in [-0.4, -0.2) is 49.5 Å². The van der Waals surface area contributed by atoms with Gasteiger partial charge in [0.25, 0.3) is 0 Å². The number of anilines is 1. The first-order chi connectivity index (χ1) is 14.6. The van der Waals surface area contributed by atoms with Crippen LogP contribution in [0.25, 0.3) is 17.0 Å². The molecule has 9 nitrogen and oxygen atoms in total. The zero-order chi connectivity index (χ0) is 20.9. The van der Waals surface area contributed by atoms with Gasteiger partial charge in [-0.15, -0.1) is 10.2 Å². The largest absolute Gasteiger partial charge is 0.465 e. The fourth-order valence-electron chi connectivity index (χ4n) is 2.67. The molecule has 0 radical (unpaired) electrons. The Balaban J connectivity index is 1.42. The molecule has 1 N–H and O–H groups in total. The highest BCUT2D eigenvalue weighted by Gasteiger charge is 2.11. The van der Waals surface area contributed by atoms with Gasteiger partial charge in [0.05, 0.1) is 18.4 Å². The topological polar surface area (TPSA) is 111 Å². The molecular formula is C20H16N6O3S. The molecule has 30 heavy (non-hydrogen) atoms. The number of rotatable bonds is 6. The number of hydrogen-bond acceptors (Lipinski definition) is 8. The Labute approximate surface area is 175 Å². The first-order valence-corrected chi connectivity index (χ1v) is 9.86. The van der Waals surface area contributed by atoms with Crippen LogP contribution in [0.3, 0.4) is 0 Å². The summed E-state index contributed by atoms with van der Waals surface area (Å²) in [4.78, 5) is 27.7. The summed E-state index contributed by atoms with van der Waals surface area (Å²) >= 11 is 1.30. The van der Waals surface area contributed by atoms with Gasteiger partial charge in [0, 0.05) is 23.6 Å². The summed E-state index contributed by atoms with van der Waals surface area (Å²) in [6.45, 7) is 0. The number of nitrogens with one attached hydrogen (secondary N) is 1. The standard InChI is InChI=1S/C20H16N6O3S/c1-29-20(28)14-2-4-15(5-3-14)22-17(27)12-30-18-7-6-16-23-24-19(26(16)25-18)13-8-10-21-11-9-13/h2-11H,12H2,1H3,(H,22,27). The lowest BCUT2D eigenvalue weighted by Gasteiger charge is -2.06. The van der Waals surface area contributed by atoms with Crippen molar-refractivity contribution in [2.75, 3.05) is 18.2 Å². The Morgan fingerprint density at radius 2 is 1.80 bits per heavy atom. The van der Waals surface area contributed by atoms with E-state index in [0.717, 1.165) is 5.56 Å². The van der Waals surface area contributed by atoms with E-state index in [4.69, 9.17) is 0 Å². The fourth-order valence-corrected chi connectivity index (χ4v) is 3.33. The molecule has 0 aliphatic heterocycles. The summed E-state index contributed by atoms with van der Waals surface area (Å²) in [7, 11) is 1.32. The van der Waals surface area contributed by atoms with E-state index < -0.39 is 5.97 Å². The van der Waals surface area contributed by atoms with Gasteiger partial charge in [0.15, 0.2) is 11.5 Å². The van der Waals surface area contributed by atoms with E-state index >= 15 is 0 Å². The van der Waals surface area contributed by atoms with Crippen LogP contribution < -0.4 is 5.32 Å². The van der Waals surface area contributed by atoms with Crippen LogP contribution in [0.15, 0.2) is 66.0 Å². The second-order valence-corrected chi connectivity index (χ2v) is 7.10. The van der Waals surface area contributed by atoms with Crippen LogP contribution in [0.2, 0.25) is 0 Å². The molecule has 0 aliphatic carbocycles. The van der Waals surface area contributed by atoms with Crippen molar-refractivity contribution < 1.29 is 14.3 Å². The number of thioether (sulfide) groups is 1. The lowest BCUT2D eigenvalue weighted by atomic mass is 10.2. The lowest BCUT2D eigenvalue weighted by molar-refractivity contribution is -0.113. The lowest BCUT2D eigenvalue weighted by Crippen LogP contribution is -2.14. The Hall–Kier alpha value is -3.79. The van der Waals surface area contributed by atoms with Gasteiger partial charge in [0.2, 0.25) is 5.91 Å². The van der Waals surface area contributed by atoms with Crippen LogP contribution in [0.1, 0.15) is 10.4 Å². The second-order valence-electron chi connectivity index (χ2n) is 6.11. The summed E-state index contributed by atoms with van der Waals surface area (Å²) in [5.74, 6) is 0.158. The molecular weight excluding hydrogens is 404 g/mol. The number of nitrogens with zero attached hydrogens (tertiary/aromatic N) is 5. The zero-order valence-corrected chi connectivity index (χ0v) is 16.7. The van der Waals surface area contributed by atoms with E-state index in [1.165, 1.54) is 18.9 Å². The maximum atomic E-state index is 12.3. The molecule has 0 spiro atoms. The van der Waals surface area contributed by atoms with Gasteiger partial charge in [-0.25, -0.2) is 4.79 Å². The van der Waals surface area contributed by atoms with Crippen molar-refractivity contribution in [3.05, 3.63) is 66.5 Å². The molecule has 3 heterocycles. The Morgan fingerprint density at radius 3 is 2.53 bits per heavy atom. The highest BCUT2D eigenvalue weighted by molar-refractivity contribution is 7.99. The van der Waals surface area contributed by atoms with E-state index in [9.17, 15) is 9.59 Å². The normalized spacial score (nSPS) is 10.7. The van der Waals surface area contributed by atoms with Crippen LogP contribution >= 0.6 is 11.8 Å². The Morgan fingerprint density at radius 1 is 1.03 bits per heavy atom. The van der Waals surface area contributed by atoms with Crippen LogP contribution in [0.4, 0.5) is 5.69 Å². The quantitative estimate of drug-likeness (QED) is 0.374. The SMILES string of the molecule is COC(=O)c1ccc(NC(=O)CSc2ccc3nnc(-c4ccncc4)n3n2)cc1. The summed E-state index contributed by atoms with van der Waals surface area (Å²) in [6.07, 6.45) is 3.36. The van der Waals surface area contributed by atoms with Crippen molar-refractivity contribution in [1.82, 2.24) is 24.8 Å². The minimum atomic E-state index is -0.426. The van der Waals surface area contributed by atoms with Crippen molar-refractivity contribution >= 4 is 35.0 Å². The van der Waals surface area contributed by atoms with Crippen molar-refractivity contribution in [3.63, 3.8) is 0 Å². The predicted molar refractivity (Wildman–Crippen MR) is 111 cm³/mol. The molecule has 0 saturated carbocycles. The van der Waals surface area contributed by atoms with Gasteiger partial charge >= 0.3 is 5.97 Å². The van der Waals surface area contributed by atoms with Gasteiger partial charge in [-0.05, 0) is 48.5 Å². The van der Waals surface area contributed by atoms with Crippen LogP contribution in [0.5, 0.6) is 0 Å². The highest BCUT2D eigenvalue weighted by Crippen LogP contribution is 2.20. The predicted octanol–water partition coefficient (Wildman–Crippen LogP) is 2.70. The summed E-state index contributed by atoms with van der Waals surface area (Å²) in [5, 5.41) is 16.3. The highest BCUT2D eigenvalue weighted by atomic mass is 32.2. The monoisotopic (exact) mass is 420 g/mol.